The van der Waals surface area contributed by atoms with Crippen molar-refractivity contribution >= 4 is 18.3 Å². The van der Waals surface area contributed by atoms with Crippen molar-refractivity contribution < 1.29 is 13.5 Å². The zero-order valence-electron chi connectivity index (χ0n) is 8.22. The summed E-state index contributed by atoms with van der Waals surface area (Å²) in [6.45, 7) is 2.12. The lowest BCUT2D eigenvalue weighted by Crippen LogP contribution is -2.08. The van der Waals surface area contributed by atoms with Crippen LogP contribution in [-0.4, -0.2) is 12.5 Å². The van der Waals surface area contributed by atoms with Crippen molar-refractivity contribution in [2.45, 2.75) is 13.3 Å². The van der Waals surface area contributed by atoms with Crippen LogP contribution < -0.4 is 0 Å². The topological polar surface area (TPSA) is 33.1 Å². The SMILES string of the molecule is CCOC(=N)Cc1ccc(F)cc1F.Cl. The molecule has 0 saturated heterocycles. The van der Waals surface area contributed by atoms with Crippen LogP contribution in [0.25, 0.3) is 0 Å². The minimum Gasteiger partial charge on any atom is -0.481 e. The molecule has 0 aliphatic carbocycles. The van der Waals surface area contributed by atoms with Gasteiger partial charge in [-0.3, -0.25) is 5.41 Å². The van der Waals surface area contributed by atoms with E-state index in [0.29, 0.717) is 6.61 Å². The van der Waals surface area contributed by atoms with Gasteiger partial charge in [0.15, 0.2) is 5.90 Å². The average molecular weight is 236 g/mol. The summed E-state index contributed by atoms with van der Waals surface area (Å²) in [6, 6.07) is 3.28. The molecule has 1 N–H and O–H groups in total. The van der Waals surface area contributed by atoms with Crippen LogP contribution in [0.4, 0.5) is 8.78 Å². The Morgan fingerprint density at radius 2 is 2.07 bits per heavy atom. The number of hydrogen-bond donors (Lipinski definition) is 1. The molecule has 0 amide bonds. The van der Waals surface area contributed by atoms with Crippen molar-refractivity contribution in [1.29, 1.82) is 5.41 Å². The fraction of sp³-hybridized carbons (Fsp3) is 0.300. The molecule has 0 fully saturated rings. The van der Waals surface area contributed by atoms with Crippen molar-refractivity contribution in [1.82, 2.24) is 0 Å². The maximum absolute atomic E-state index is 13.1. The van der Waals surface area contributed by atoms with E-state index in [-0.39, 0.29) is 30.3 Å². The van der Waals surface area contributed by atoms with Crippen LogP contribution in [0.1, 0.15) is 12.5 Å². The van der Waals surface area contributed by atoms with Crippen LogP contribution in [-0.2, 0) is 11.2 Å². The Bertz CT molecular complexity index is 344. The van der Waals surface area contributed by atoms with Crippen LogP contribution >= 0.6 is 12.4 Å². The summed E-state index contributed by atoms with van der Waals surface area (Å²) in [5, 5.41) is 7.29. The highest BCUT2D eigenvalue weighted by Crippen LogP contribution is 2.10. The van der Waals surface area contributed by atoms with E-state index in [1.165, 1.54) is 6.07 Å². The molecule has 1 aromatic rings. The molecule has 0 saturated carbocycles. The smallest absolute Gasteiger partial charge is 0.184 e. The monoisotopic (exact) mass is 235 g/mol. The zero-order valence-corrected chi connectivity index (χ0v) is 9.04. The van der Waals surface area contributed by atoms with Crippen LogP contribution in [0.5, 0.6) is 0 Å². The van der Waals surface area contributed by atoms with E-state index in [0.717, 1.165) is 12.1 Å². The largest absolute Gasteiger partial charge is 0.481 e. The number of benzene rings is 1. The second-order valence-corrected chi connectivity index (χ2v) is 2.77. The van der Waals surface area contributed by atoms with Gasteiger partial charge in [-0.1, -0.05) is 6.07 Å². The Morgan fingerprint density at radius 1 is 1.40 bits per heavy atom. The molecule has 15 heavy (non-hydrogen) atoms. The van der Waals surface area contributed by atoms with Crippen LogP contribution in [0.2, 0.25) is 0 Å². The first kappa shape index (κ1) is 13.8. The highest BCUT2D eigenvalue weighted by atomic mass is 35.5. The molecule has 0 spiro atoms. The van der Waals surface area contributed by atoms with Crippen molar-refractivity contribution in [3.8, 4) is 0 Å². The number of rotatable bonds is 3. The van der Waals surface area contributed by atoms with Gasteiger partial charge in [0.05, 0.1) is 13.0 Å². The van der Waals surface area contributed by atoms with Crippen molar-refractivity contribution in [2.24, 2.45) is 0 Å². The minimum absolute atomic E-state index is 0. The third-order valence-electron chi connectivity index (χ3n) is 1.68. The maximum Gasteiger partial charge on any atom is 0.184 e. The lowest BCUT2D eigenvalue weighted by molar-refractivity contribution is 0.316. The molecule has 1 rings (SSSR count). The second-order valence-electron chi connectivity index (χ2n) is 2.77. The highest BCUT2D eigenvalue weighted by molar-refractivity contribution is 5.85. The summed E-state index contributed by atoms with van der Waals surface area (Å²) in [5.74, 6) is -1.28. The molecule has 0 unspecified atom stereocenters. The lowest BCUT2D eigenvalue weighted by Gasteiger charge is -2.05. The second kappa shape index (κ2) is 6.35. The molecule has 0 heterocycles. The van der Waals surface area contributed by atoms with Gasteiger partial charge in [-0.15, -0.1) is 12.4 Å². The molecule has 0 aliphatic heterocycles. The van der Waals surface area contributed by atoms with E-state index in [4.69, 9.17) is 10.1 Å². The number of ether oxygens (including phenoxy) is 1. The van der Waals surface area contributed by atoms with Crippen molar-refractivity contribution in [3.63, 3.8) is 0 Å². The van der Waals surface area contributed by atoms with Gasteiger partial charge in [0.1, 0.15) is 11.6 Å². The van der Waals surface area contributed by atoms with E-state index in [1.54, 1.807) is 6.92 Å². The van der Waals surface area contributed by atoms with Crippen LogP contribution in [0, 0.1) is 17.0 Å². The highest BCUT2D eigenvalue weighted by Gasteiger charge is 2.06. The Kier molecular flexibility index (Phi) is 5.86. The molecule has 1 aromatic carbocycles. The van der Waals surface area contributed by atoms with Crippen molar-refractivity contribution in [3.05, 3.63) is 35.4 Å². The molecule has 2 nitrogen and oxygen atoms in total. The third-order valence-corrected chi connectivity index (χ3v) is 1.68. The zero-order chi connectivity index (χ0) is 10.6. The predicted octanol–water partition coefficient (Wildman–Crippen LogP) is 2.94. The predicted molar refractivity (Wildman–Crippen MR) is 56.7 cm³/mol. The van der Waals surface area contributed by atoms with E-state index in [9.17, 15) is 8.78 Å². The molecule has 84 valence electrons. The van der Waals surface area contributed by atoms with Crippen LogP contribution in [0.15, 0.2) is 18.2 Å². The van der Waals surface area contributed by atoms with Gasteiger partial charge >= 0.3 is 0 Å². The summed E-state index contributed by atoms with van der Waals surface area (Å²) in [7, 11) is 0. The normalized spacial score (nSPS) is 9.27. The standard InChI is InChI=1S/C10H11F2NO.ClH/c1-2-14-10(13)5-7-3-4-8(11)6-9(7)12;/h3-4,6,13H,2,5H2,1H3;1H. The summed E-state index contributed by atoms with van der Waals surface area (Å²) in [5.41, 5.74) is 0.268. The van der Waals surface area contributed by atoms with Gasteiger partial charge in [0.2, 0.25) is 0 Å². The number of halogens is 3. The molecular weight excluding hydrogens is 224 g/mol. The average Bonchev–Trinajstić information content (AvgIpc) is 2.10. The molecule has 5 heteroatoms. The molecule has 0 atom stereocenters. The quantitative estimate of drug-likeness (QED) is 0.634. The van der Waals surface area contributed by atoms with Gasteiger partial charge in [-0.2, -0.15) is 0 Å². The molecule has 0 bridgehead atoms. The number of hydrogen-bond acceptors (Lipinski definition) is 2. The lowest BCUT2D eigenvalue weighted by atomic mass is 10.1. The molecular formula is C10H12ClF2NO. The maximum atomic E-state index is 13.1. The first-order valence-electron chi connectivity index (χ1n) is 4.27. The van der Waals surface area contributed by atoms with Gasteiger partial charge in [-0.25, -0.2) is 8.78 Å². The first-order valence-corrected chi connectivity index (χ1v) is 4.27. The van der Waals surface area contributed by atoms with Gasteiger partial charge in [0, 0.05) is 6.07 Å². The van der Waals surface area contributed by atoms with Gasteiger partial charge in [0.25, 0.3) is 0 Å². The van der Waals surface area contributed by atoms with E-state index < -0.39 is 11.6 Å². The summed E-state index contributed by atoms with van der Waals surface area (Å²) in [4.78, 5) is 0. The Morgan fingerprint density at radius 3 is 2.60 bits per heavy atom. The number of nitrogens with one attached hydrogen (secondary N) is 1. The molecule has 0 aliphatic rings. The van der Waals surface area contributed by atoms with Crippen molar-refractivity contribution in [2.75, 3.05) is 6.61 Å². The Labute approximate surface area is 93.2 Å². The molecule has 0 aromatic heterocycles. The summed E-state index contributed by atoms with van der Waals surface area (Å²) in [6.07, 6.45) is 0.0555. The summed E-state index contributed by atoms with van der Waals surface area (Å²) >= 11 is 0. The Balaban J connectivity index is 0.00000196. The summed E-state index contributed by atoms with van der Waals surface area (Å²) < 4.78 is 30.4. The van der Waals surface area contributed by atoms with Gasteiger partial charge < -0.3 is 4.74 Å². The van der Waals surface area contributed by atoms with Gasteiger partial charge in [-0.05, 0) is 18.6 Å². The first-order chi connectivity index (χ1) is 6.63. The van der Waals surface area contributed by atoms with E-state index >= 15 is 0 Å². The fourth-order valence-electron chi connectivity index (χ4n) is 1.06. The fourth-order valence-corrected chi connectivity index (χ4v) is 1.06. The Hall–Kier alpha value is -1.16. The van der Waals surface area contributed by atoms with Crippen LogP contribution in [0.3, 0.4) is 0 Å². The minimum atomic E-state index is -0.644. The van der Waals surface area contributed by atoms with E-state index in [1.807, 2.05) is 0 Å². The molecule has 0 radical (unpaired) electrons. The van der Waals surface area contributed by atoms with E-state index in [2.05, 4.69) is 0 Å². The third kappa shape index (κ3) is 4.25.